The molecule has 27 heavy (non-hydrogen) atoms. The zero-order chi connectivity index (χ0) is 19.2. The maximum Gasteiger partial charge on any atom is 0.193 e. The minimum atomic E-state index is -3.12. The Kier molecular flexibility index (Phi) is 10.3. The summed E-state index contributed by atoms with van der Waals surface area (Å²) in [4.78, 5) is 6.48. The molecule has 2 heterocycles. The molecule has 0 aromatic carbocycles. The van der Waals surface area contributed by atoms with E-state index in [-0.39, 0.29) is 41.9 Å². The van der Waals surface area contributed by atoms with Crippen LogP contribution in [0.1, 0.15) is 46.5 Å². The van der Waals surface area contributed by atoms with Crippen LogP contribution in [0.4, 0.5) is 0 Å². The van der Waals surface area contributed by atoms with Crippen LogP contribution in [0.15, 0.2) is 4.99 Å². The third-order valence-corrected chi connectivity index (χ3v) is 7.69. The van der Waals surface area contributed by atoms with Gasteiger partial charge in [-0.15, -0.1) is 24.0 Å². The van der Waals surface area contributed by atoms with Gasteiger partial charge in [0.15, 0.2) is 15.8 Å². The third kappa shape index (κ3) is 7.66. The van der Waals surface area contributed by atoms with Crippen LogP contribution < -0.4 is 5.32 Å². The predicted molar refractivity (Wildman–Crippen MR) is 120 cm³/mol. The Morgan fingerprint density at radius 2 is 1.93 bits per heavy atom. The van der Waals surface area contributed by atoms with Crippen molar-refractivity contribution in [3.8, 4) is 0 Å². The van der Waals surface area contributed by atoms with Gasteiger partial charge in [0, 0.05) is 33.3 Å². The number of piperidine rings is 1. The van der Waals surface area contributed by atoms with E-state index in [1.54, 1.807) is 27.8 Å². The number of sulfone groups is 1. The number of hydrogen-bond donors (Lipinski definition) is 1. The van der Waals surface area contributed by atoms with Crippen LogP contribution in [0.2, 0.25) is 0 Å². The molecule has 0 aromatic heterocycles. The summed E-state index contributed by atoms with van der Waals surface area (Å²) < 4.78 is 35.3. The summed E-state index contributed by atoms with van der Waals surface area (Å²) >= 11 is 0. The third-order valence-electron chi connectivity index (χ3n) is 5.08. The molecule has 2 rings (SSSR count). The van der Waals surface area contributed by atoms with Crippen LogP contribution in [0.25, 0.3) is 0 Å². The highest BCUT2D eigenvalue weighted by atomic mass is 127. The zero-order valence-corrected chi connectivity index (χ0v) is 20.2. The molecule has 0 spiro atoms. The second-order valence-electron chi connectivity index (χ2n) is 8.06. The number of rotatable bonds is 6. The van der Waals surface area contributed by atoms with Crippen molar-refractivity contribution in [3.05, 3.63) is 0 Å². The van der Waals surface area contributed by atoms with Gasteiger partial charge in [-0.3, -0.25) is 4.99 Å². The Labute approximate surface area is 181 Å². The minimum Gasteiger partial charge on any atom is -0.376 e. The van der Waals surface area contributed by atoms with Crippen molar-refractivity contribution in [1.29, 1.82) is 0 Å². The maximum atomic E-state index is 12.2. The van der Waals surface area contributed by atoms with Crippen molar-refractivity contribution in [1.82, 2.24) is 10.2 Å². The second-order valence-corrected chi connectivity index (χ2v) is 10.9. The Hall–Kier alpha value is -0.130. The standard InChI is InChI=1S/C18H35N3O4S.HI/c1-18(2,3)26(22,23)13-9-20-17(19-4)21-10-7-15(8-11-21)25-14-16-6-5-12-24-16;/h15-16H,5-14H2,1-4H3,(H,19,20);1H. The first-order chi connectivity index (χ1) is 12.2. The van der Waals surface area contributed by atoms with Crippen molar-refractivity contribution in [2.24, 2.45) is 4.99 Å². The van der Waals surface area contributed by atoms with E-state index in [0.717, 1.165) is 51.3 Å². The average Bonchev–Trinajstić information content (AvgIpc) is 3.10. The first-order valence-corrected chi connectivity index (χ1v) is 11.3. The van der Waals surface area contributed by atoms with Crippen LogP contribution in [0.5, 0.6) is 0 Å². The second kappa shape index (κ2) is 11.2. The molecule has 7 nitrogen and oxygen atoms in total. The van der Waals surface area contributed by atoms with Crippen LogP contribution in [0.3, 0.4) is 0 Å². The zero-order valence-electron chi connectivity index (χ0n) is 17.1. The van der Waals surface area contributed by atoms with Crippen molar-refractivity contribution in [3.63, 3.8) is 0 Å². The van der Waals surface area contributed by atoms with E-state index in [9.17, 15) is 8.42 Å². The maximum absolute atomic E-state index is 12.2. The summed E-state index contributed by atoms with van der Waals surface area (Å²) in [5.74, 6) is 0.878. The number of nitrogens with zero attached hydrogens (tertiary/aromatic N) is 2. The Morgan fingerprint density at radius 3 is 2.44 bits per heavy atom. The first-order valence-electron chi connectivity index (χ1n) is 9.64. The number of guanidine groups is 1. The lowest BCUT2D eigenvalue weighted by Crippen LogP contribution is -2.48. The lowest BCUT2D eigenvalue weighted by atomic mass is 10.1. The lowest BCUT2D eigenvalue weighted by Gasteiger charge is -2.34. The van der Waals surface area contributed by atoms with Gasteiger partial charge in [-0.05, 0) is 46.5 Å². The van der Waals surface area contributed by atoms with Gasteiger partial charge in [-0.2, -0.15) is 0 Å². The van der Waals surface area contributed by atoms with Crippen molar-refractivity contribution < 1.29 is 17.9 Å². The summed E-state index contributed by atoms with van der Waals surface area (Å²) in [6, 6.07) is 0. The number of halogens is 1. The van der Waals surface area contributed by atoms with Crippen LogP contribution in [-0.2, 0) is 19.3 Å². The van der Waals surface area contributed by atoms with Gasteiger partial charge in [0.25, 0.3) is 0 Å². The highest BCUT2D eigenvalue weighted by molar-refractivity contribution is 14.0. The molecule has 2 saturated heterocycles. The molecule has 1 N–H and O–H groups in total. The number of nitrogens with one attached hydrogen (secondary N) is 1. The smallest absolute Gasteiger partial charge is 0.193 e. The fourth-order valence-corrected chi connectivity index (χ4v) is 4.17. The molecule has 2 fully saturated rings. The molecule has 0 amide bonds. The van der Waals surface area contributed by atoms with E-state index in [1.165, 1.54) is 0 Å². The molecule has 0 saturated carbocycles. The summed E-state index contributed by atoms with van der Waals surface area (Å²) in [6.07, 6.45) is 4.69. The Balaban J connectivity index is 0.00000364. The van der Waals surface area contributed by atoms with E-state index in [4.69, 9.17) is 9.47 Å². The van der Waals surface area contributed by atoms with Crippen molar-refractivity contribution >= 4 is 39.8 Å². The number of likely N-dealkylation sites (tertiary alicyclic amines) is 1. The van der Waals surface area contributed by atoms with Gasteiger partial charge in [-0.25, -0.2) is 8.42 Å². The molecular formula is C18H36IN3O4S. The molecular weight excluding hydrogens is 481 g/mol. The van der Waals surface area contributed by atoms with E-state index >= 15 is 0 Å². The van der Waals surface area contributed by atoms with Crippen molar-refractivity contribution in [2.45, 2.75) is 63.4 Å². The van der Waals surface area contributed by atoms with Crippen LogP contribution in [0, 0.1) is 0 Å². The molecule has 2 aliphatic rings. The van der Waals surface area contributed by atoms with Gasteiger partial charge < -0.3 is 19.7 Å². The molecule has 0 aliphatic carbocycles. The van der Waals surface area contributed by atoms with Crippen molar-refractivity contribution in [2.75, 3.05) is 45.6 Å². The van der Waals surface area contributed by atoms with Gasteiger partial charge in [0.05, 0.1) is 29.3 Å². The average molecular weight is 517 g/mol. The topological polar surface area (TPSA) is 80.2 Å². The number of ether oxygens (including phenoxy) is 2. The lowest BCUT2D eigenvalue weighted by molar-refractivity contribution is -0.0367. The summed E-state index contributed by atoms with van der Waals surface area (Å²) in [5, 5.41) is 3.19. The molecule has 2 aliphatic heterocycles. The molecule has 0 bridgehead atoms. The molecule has 1 unspecified atom stereocenters. The normalized spacial score (nSPS) is 22.6. The molecule has 0 radical (unpaired) electrons. The summed E-state index contributed by atoms with van der Waals surface area (Å²) in [5.41, 5.74) is 0. The quantitative estimate of drug-likeness (QED) is 0.330. The van der Waals surface area contributed by atoms with Gasteiger partial charge in [0.1, 0.15) is 0 Å². The highest BCUT2D eigenvalue weighted by Gasteiger charge is 2.29. The largest absolute Gasteiger partial charge is 0.376 e. The summed E-state index contributed by atoms with van der Waals surface area (Å²) in [7, 11) is -1.39. The van der Waals surface area contributed by atoms with E-state index in [0.29, 0.717) is 13.2 Å². The van der Waals surface area contributed by atoms with Gasteiger partial charge in [0.2, 0.25) is 0 Å². The number of hydrogen-bond acceptors (Lipinski definition) is 5. The molecule has 1 atom stereocenters. The predicted octanol–water partition coefficient (Wildman–Crippen LogP) is 2.05. The molecule has 160 valence electrons. The fourth-order valence-electron chi connectivity index (χ4n) is 3.19. The van der Waals surface area contributed by atoms with Crippen LogP contribution in [-0.4, -0.2) is 81.9 Å². The fraction of sp³-hybridized carbons (Fsp3) is 0.944. The Bertz CT molecular complexity index is 564. The van der Waals surface area contributed by atoms with E-state index in [2.05, 4.69) is 15.2 Å². The minimum absolute atomic E-state index is 0. The van der Waals surface area contributed by atoms with Crippen LogP contribution >= 0.6 is 24.0 Å². The Morgan fingerprint density at radius 1 is 1.26 bits per heavy atom. The van der Waals surface area contributed by atoms with E-state index < -0.39 is 14.6 Å². The SMILES string of the molecule is CN=C(NCCS(=O)(=O)C(C)(C)C)N1CCC(OCC2CCCO2)CC1.I. The van der Waals surface area contributed by atoms with Gasteiger partial charge in [-0.1, -0.05) is 0 Å². The van der Waals surface area contributed by atoms with E-state index in [1.807, 2.05) is 0 Å². The highest BCUT2D eigenvalue weighted by Crippen LogP contribution is 2.18. The molecule has 9 heteroatoms. The first kappa shape index (κ1) is 24.9. The van der Waals surface area contributed by atoms with Gasteiger partial charge >= 0.3 is 0 Å². The number of aliphatic imine (C=N–C) groups is 1. The monoisotopic (exact) mass is 517 g/mol. The molecule has 0 aromatic rings. The summed E-state index contributed by atoms with van der Waals surface area (Å²) in [6.45, 7) is 8.86.